The molecule has 9 heteroatoms. The lowest BCUT2D eigenvalue weighted by Gasteiger charge is -2.31. The summed E-state index contributed by atoms with van der Waals surface area (Å²) in [5.74, 6) is 1.87. The van der Waals surface area contributed by atoms with E-state index < -0.39 is 0 Å². The molecule has 3 rings (SSSR count). The van der Waals surface area contributed by atoms with Gasteiger partial charge in [0, 0.05) is 38.6 Å². The van der Waals surface area contributed by atoms with E-state index in [-0.39, 0.29) is 30.7 Å². The molecular weight excluding hydrogens is 383 g/mol. The molecule has 1 fully saturated rings. The number of carbonyl (C=O) groups excluding carboxylic acids is 1. The monoisotopic (exact) mass is 406 g/mol. The van der Waals surface area contributed by atoms with E-state index in [1.807, 2.05) is 35.8 Å². The number of aryl methyl sites for hydroxylation is 1. The SMILES string of the molecule is CNC1CCCN(C(=O)c2ccc(CSc3nccn3C)o2)C1.Cl.Cl. The third-order valence-electron chi connectivity index (χ3n) is 4.11. The summed E-state index contributed by atoms with van der Waals surface area (Å²) >= 11 is 1.59. The number of carbonyl (C=O) groups is 1. The maximum absolute atomic E-state index is 12.5. The summed E-state index contributed by atoms with van der Waals surface area (Å²) in [5.41, 5.74) is 0. The lowest BCUT2D eigenvalue weighted by atomic mass is 10.1. The lowest BCUT2D eigenvalue weighted by Crippen LogP contribution is -2.46. The van der Waals surface area contributed by atoms with Gasteiger partial charge >= 0.3 is 0 Å². The van der Waals surface area contributed by atoms with Gasteiger partial charge in [-0.25, -0.2) is 4.98 Å². The minimum Gasteiger partial charge on any atom is -0.455 e. The van der Waals surface area contributed by atoms with Crippen LogP contribution in [0.3, 0.4) is 0 Å². The van der Waals surface area contributed by atoms with Crippen LogP contribution >= 0.6 is 36.6 Å². The van der Waals surface area contributed by atoms with Crippen LogP contribution < -0.4 is 5.32 Å². The quantitative estimate of drug-likeness (QED) is 0.773. The number of hydrogen-bond donors (Lipinski definition) is 1. The molecule has 1 saturated heterocycles. The lowest BCUT2D eigenvalue weighted by molar-refractivity contribution is 0.0664. The normalized spacial score (nSPS) is 16.9. The molecule has 0 radical (unpaired) electrons. The largest absolute Gasteiger partial charge is 0.455 e. The van der Waals surface area contributed by atoms with E-state index in [9.17, 15) is 4.79 Å². The molecule has 25 heavy (non-hydrogen) atoms. The molecule has 1 aliphatic heterocycles. The molecule has 6 nitrogen and oxygen atoms in total. The maximum atomic E-state index is 12.5. The predicted octanol–water partition coefficient (Wildman–Crippen LogP) is 2.97. The Morgan fingerprint density at radius 2 is 2.24 bits per heavy atom. The molecular formula is C16H24Cl2N4O2S. The van der Waals surface area contributed by atoms with E-state index in [0.29, 0.717) is 17.6 Å². The van der Waals surface area contributed by atoms with Gasteiger partial charge in [-0.15, -0.1) is 24.8 Å². The fraction of sp³-hybridized carbons (Fsp3) is 0.500. The van der Waals surface area contributed by atoms with Crippen LogP contribution in [-0.4, -0.2) is 46.5 Å². The number of piperidine rings is 1. The molecule has 1 unspecified atom stereocenters. The number of likely N-dealkylation sites (tertiary alicyclic amines) is 1. The van der Waals surface area contributed by atoms with Crippen molar-refractivity contribution in [3.63, 3.8) is 0 Å². The Morgan fingerprint density at radius 1 is 1.44 bits per heavy atom. The van der Waals surface area contributed by atoms with E-state index in [0.717, 1.165) is 36.8 Å². The van der Waals surface area contributed by atoms with Gasteiger partial charge in [0.15, 0.2) is 10.9 Å². The summed E-state index contributed by atoms with van der Waals surface area (Å²) in [4.78, 5) is 18.7. The topological polar surface area (TPSA) is 63.3 Å². The number of thioether (sulfide) groups is 1. The van der Waals surface area contributed by atoms with E-state index in [1.165, 1.54) is 0 Å². The van der Waals surface area contributed by atoms with Gasteiger partial charge in [-0.05, 0) is 32.0 Å². The average molecular weight is 407 g/mol. The fourth-order valence-electron chi connectivity index (χ4n) is 2.75. The van der Waals surface area contributed by atoms with Crippen molar-refractivity contribution in [2.45, 2.75) is 29.8 Å². The highest BCUT2D eigenvalue weighted by Gasteiger charge is 2.25. The molecule has 140 valence electrons. The van der Waals surface area contributed by atoms with Gasteiger partial charge in [0.1, 0.15) is 5.76 Å². The second kappa shape index (κ2) is 10.1. The number of furan rings is 1. The van der Waals surface area contributed by atoms with Crippen LogP contribution in [-0.2, 0) is 12.8 Å². The van der Waals surface area contributed by atoms with Crippen molar-refractivity contribution in [2.24, 2.45) is 7.05 Å². The molecule has 2 aromatic rings. The first kappa shape index (κ1) is 21.9. The zero-order valence-corrected chi connectivity index (χ0v) is 16.8. The van der Waals surface area contributed by atoms with Crippen LogP contribution in [0.5, 0.6) is 0 Å². The number of rotatable bonds is 5. The summed E-state index contributed by atoms with van der Waals surface area (Å²) in [6.45, 7) is 1.54. The van der Waals surface area contributed by atoms with Gasteiger partial charge in [0.2, 0.25) is 0 Å². The van der Waals surface area contributed by atoms with Gasteiger partial charge in [-0.2, -0.15) is 0 Å². The van der Waals surface area contributed by atoms with Crippen molar-refractivity contribution in [2.75, 3.05) is 20.1 Å². The zero-order chi connectivity index (χ0) is 16.2. The Kier molecular flexibility index (Phi) is 8.85. The number of nitrogens with zero attached hydrogens (tertiary/aromatic N) is 3. The predicted molar refractivity (Wildman–Crippen MR) is 104 cm³/mol. The number of halogens is 2. The summed E-state index contributed by atoms with van der Waals surface area (Å²) in [6, 6.07) is 4.03. The molecule has 2 aromatic heterocycles. The standard InChI is InChI=1S/C16H22N4O2S.2ClH/c1-17-12-4-3-8-20(10-12)15(21)14-6-5-13(22-14)11-23-16-18-7-9-19(16)2;;/h5-7,9,12,17H,3-4,8,10-11H2,1-2H3;2*1H. The summed E-state index contributed by atoms with van der Waals surface area (Å²) in [6.07, 6.45) is 5.83. The molecule has 3 heterocycles. The third kappa shape index (κ3) is 5.41. The minimum atomic E-state index is -0.0156. The Balaban J connectivity index is 0.00000156. The maximum Gasteiger partial charge on any atom is 0.289 e. The molecule has 0 aliphatic carbocycles. The molecule has 1 aliphatic rings. The number of aromatic nitrogens is 2. The van der Waals surface area contributed by atoms with Crippen molar-refractivity contribution in [1.82, 2.24) is 19.8 Å². The van der Waals surface area contributed by atoms with E-state index in [1.54, 1.807) is 24.0 Å². The van der Waals surface area contributed by atoms with Crippen LogP contribution in [0.1, 0.15) is 29.2 Å². The van der Waals surface area contributed by atoms with Crippen LogP contribution in [0.15, 0.2) is 34.1 Å². The van der Waals surface area contributed by atoms with E-state index in [2.05, 4.69) is 10.3 Å². The Bertz CT molecular complexity index is 677. The second-order valence-electron chi connectivity index (χ2n) is 5.75. The summed E-state index contributed by atoms with van der Waals surface area (Å²) < 4.78 is 7.70. The van der Waals surface area contributed by atoms with Crippen LogP contribution in [0.4, 0.5) is 0 Å². The summed E-state index contributed by atoms with van der Waals surface area (Å²) in [7, 11) is 3.90. The fourth-order valence-corrected chi connectivity index (χ4v) is 3.58. The highest BCUT2D eigenvalue weighted by molar-refractivity contribution is 7.98. The zero-order valence-electron chi connectivity index (χ0n) is 14.3. The number of amides is 1. The highest BCUT2D eigenvalue weighted by Crippen LogP contribution is 2.23. The Labute approximate surface area is 164 Å². The van der Waals surface area contributed by atoms with Crippen LogP contribution in [0.25, 0.3) is 0 Å². The van der Waals surface area contributed by atoms with E-state index >= 15 is 0 Å². The number of imidazole rings is 1. The molecule has 1 atom stereocenters. The smallest absolute Gasteiger partial charge is 0.289 e. The van der Waals surface area contributed by atoms with Gasteiger partial charge < -0.3 is 19.2 Å². The van der Waals surface area contributed by atoms with Gasteiger partial charge in [0.25, 0.3) is 5.91 Å². The molecule has 0 saturated carbocycles. The van der Waals surface area contributed by atoms with Gasteiger partial charge in [0.05, 0.1) is 5.75 Å². The van der Waals surface area contributed by atoms with Crippen molar-refractivity contribution >= 4 is 42.5 Å². The molecule has 1 amide bonds. The number of likely N-dealkylation sites (N-methyl/N-ethyl adjacent to an activating group) is 1. The van der Waals surface area contributed by atoms with Crippen LogP contribution in [0.2, 0.25) is 0 Å². The van der Waals surface area contributed by atoms with E-state index in [4.69, 9.17) is 4.42 Å². The van der Waals surface area contributed by atoms with Crippen LogP contribution in [0, 0.1) is 0 Å². The average Bonchev–Trinajstić information content (AvgIpc) is 3.21. The molecule has 0 bridgehead atoms. The molecule has 0 spiro atoms. The Morgan fingerprint density at radius 3 is 2.92 bits per heavy atom. The van der Waals surface area contributed by atoms with Crippen molar-refractivity contribution in [3.8, 4) is 0 Å². The van der Waals surface area contributed by atoms with Crippen molar-refractivity contribution < 1.29 is 9.21 Å². The first-order valence-electron chi connectivity index (χ1n) is 7.82. The molecule has 0 aromatic carbocycles. The summed E-state index contributed by atoms with van der Waals surface area (Å²) in [5, 5.41) is 4.18. The third-order valence-corrected chi connectivity index (χ3v) is 5.19. The first-order chi connectivity index (χ1) is 11.2. The molecule has 1 N–H and O–H groups in total. The van der Waals surface area contributed by atoms with Crippen molar-refractivity contribution in [3.05, 3.63) is 36.0 Å². The Hall–Kier alpha value is -1.15. The number of nitrogens with one attached hydrogen (secondary N) is 1. The highest BCUT2D eigenvalue weighted by atomic mass is 35.5. The van der Waals surface area contributed by atoms with Gasteiger partial charge in [-0.1, -0.05) is 11.8 Å². The van der Waals surface area contributed by atoms with Crippen molar-refractivity contribution in [1.29, 1.82) is 0 Å². The van der Waals surface area contributed by atoms with Gasteiger partial charge in [-0.3, -0.25) is 4.79 Å². The first-order valence-corrected chi connectivity index (χ1v) is 8.81. The minimum absolute atomic E-state index is 0. The number of hydrogen-bond acceptors (Lipinski definition) is 5. The second-order valence-corrected chi connectivity index (χ2v) is 6.70.